The number of nitrogens with zero attached hydrogens (tertiary/aromatic N) is 2. The van der Waals surface area contributed by atoms with Crippen LogP contribution < -0.4 is 26.4 Å². The summed E-state index contributed by atoms with van der Waals surface area (Å²) in [5.74, 6) is 0. The molecule has 24 heavy (non-hydrogen) atoms. The number of para-hydroxylation sites is 1. The molecule has 0 aliphatic carbocycles. The van der Waals surface area contributed by atoms with Crippen LogP contribution in [0.25, 0.3) is 0 Å². The molecular formula is C13H17N7O3S. The van der Waals surface area contributed by atoms with Crippen molar-refractivity contribution in [2.75, 3.05) is 11.9 Å². The van der Waals surface area contributed by atoms with E-state index >= 15 is 0 Å². The molecule has 128 valence electrons. The van der Waals surface area contributed by atoms with Gasteiger partial charge < -0.3 is 5.32 Å². The van der Waals surface area contributed by atoms with Crippen LogP contribution in [0.15, 0.2) is 29.4 Å². The van der Waals surface area contributed by atoms with Gasteiger partial charge in [0.05, 0.1) is 24.2 Å². The molecule has 1 aliphatic rings. The van der Waals surface area contributed by atoms with Gasteiger partial charge in [-0.05, 0) is 25.5 Å². The highest BCUT2D eigenvalue weighted by Crippen LogP contribution is 2.14. The second-order valence-corrected chi connectivity index (χ2v) is 5.63. The predicted octanol–water partition coefficient (Wildman–Crippen LogP) is 1.30. The minimum absolute atomic E-state index is 0.215. The van der Waals surface area contributed by atoms with E-state index < -0.39 is 17.3 Å². The van der Waals surface area contributed by atoms with Crippen molar-refractivity contribution in [1.82, 2.24) is 26.1 Å². The normalized spacial score (nSPS) is 13.7. The molecule has 10 nitrogen and oxygen atoms in total. The predicted molar refractivity (Wildman–Crippen MR) is 90.9 cm³/mol. The number of amides is 5. The fourth-order valence-electron chi connectivity index (χ4n) is 1.71. The van der Waals surface area contributed by atoms with Crippen LogP contribution in [0.3, 0.4) is 0 Å². The van der Waals surface area contributed by atoms with E-state index in [1.54, 1.807) is 19.1 Å². The smallest absolute Gasteiger partial charge is 0.315 e. The zero-order valence-corrected chi connectivity index (χ0v) is 13.9. The zero-order chi connectivity index (χ0) is 17.5. The maximum atomic E-state index is 11.8. The Labute approximate surface area is 142 Å². The topological polar surface area (TPSA) is 127 Å². The summed E-state index contributed by atoms with van der Waals surface area (Å²) >= 11 is 0.581. The number of hydrogen-bond acceptors (Lipinski definition) is 6. The second-order valence-electron chi connectivity index (χ2n) is 4.85. The number of benzene rings is 1. The third kappa shape index (κ3) is 5.14. The second kappa shape index (κ2) is 8.17. The van der Waals surface area contributed by atoms with Gasteiger partial charge in [-0.2, -0.15) is 5.10 Å². The molecule has 1 heterocycles. The fourth-order valence-corrected chi connectivity index (χ4v) is 2.11. The summed E-state index contributed by atoms with van der Waals surface area (Å²) < 4.78 is 2.29. The van der Waals surface area contributed by atoms with Crippen molar-refractivity contribution < 1.29 is 14.4 Å². The first-order chi connectivity index (χ1) is 11.5. The summed E-state index contributed by atoms with van der Waals surface area (Å²) in [6.45, 7) is 3.80. The summed E-state index contributed by atoms with van der Waals surface area (Å²) in [7, 11) is 0. The average Bonchev–Trinajstić information content (AvgIpc) is 2.56. The minimum atomic E-state index is -0.687. The molecule has 0 saturated carbocycles. The van der Waals surface area contributed by atoms with Gasteiger partial charge in [0.2, 0.25) is 0 Å². The highest BCUT2D eigenvalue weighted by Gasteiger charge is 2.19. The number of carbonyl (C=O) groups excluding carboxylic acids is 3. The first-order valence-electron chi connectivity index (χ1n) is 6.91. The van der Waals surface area contributed by atoms with Crippen molar-refractivity contribution in [3.8, 4) is 0 Å². The standard InChI is InChI=1S/C13H17N7O3S/c1-8-5-3-4-6-10(8)14-13(23)24-18-11(21)16-19-20-7-9(2)15-17-12(20)22/h3-6,19H,7H2,1-2H3,(H,14,23)(H,17,22)(H2,16,18,21). The van der Waals surface area contributed by atoms with Gasteiger partial charge in [-0.15, -0.1) is 5.53 Å². The van der Waals surface area contributed by atoms with Crippen molar-refractivity contribution >= 4 is 40.6 Å². The van der Waals surface area contributed by atoms with E-state index in [4.69, 9.17) is 0 Å². The lowest BCUT2D eigenvalue weighted by Gasteiger charge is -2.25. The molecule has 0 atom stereocenters. The number of anilines is 1. The summed E-state index contributed by atoms with van der Waals surface area (Å²) in [6, 6.07) is 6.08. The average molecular weight is 351 g/mol. The van der Waals surface area contributed by atoms with Gasteiger partial charge in [0.25, 0.3) is 0 Å². The Kier molecular flexibility index (Phi) is 5.98. The van der Waals surface area contributed by atoms with E-state index in [9.17, 15) is 14.4 Å². The van der Waals surface area contributed by atoms with E-state index in [0.29, 0.717) is 23.3 Å². The van der Waals surface area contributed by atoms with Crippen LogP contribution in [-0.4, -0.2) is 34.6 Å². The van der Waals surface area contributed by atoms with Crippen LogP contribution in [0.2, 0.25) is 0 Å². The molecule has 0 saturated heterocycles. The van der Waals surface area contributed by atoms with Crippen LogP contribution in [-0.2, 0) is 0 Å². The van der Waals surface area contributed by atoms with Crippen LogP contribution in [0, 0.1) is 6.92 Å². The molecule has 0 aromatic heterocycles. The van der Waals surface area contributed by atoms with Gasteiger partial charge in [-0.3, -0.25) is 14.9 Å². The Balaban J connectivity index is 1.71. The number of hydrazone groups is 1. The first kappa shape index (κ1) is 17.6. The molecular weight excluding hydrogens is 334 g/mol. The lowest BCUT2D eigenvalue weighted by Crippen LogP contribution is -2.59. The Hall–Kier alpha value is -2.79. The molecule has 5 amide bonds. The summed E-state index contributed by atoms with van der Waals surface area (Å²) in [6.07, 6.45) is 0. The number of hydrogen-bond donors (Lipinski definition) is 5. The molecule has 0 radical (unpaired) electrons. The Morgan fingerprint density at radius 2 is 2.04 bits per heavy atom. The Morgan fingerprint density at radius 3 is 2.79 bits per heavy atom. The molecule has 5 N–H and O–H groups in total. The largest absolute Gasteiger partial charge is 0.353 e. The van der Waals surface area contributed by atoms with Gasteiger partial charge in [0.15, 0.2) is 0 Å². The third-order valence-corrected chi connectivity index (χ3v) is 3.47. The molecule has 0 spiro atoms. The molecule has 0 unspecified atom stereocenters. The van der Waals surface area contributed by atoms with Gasteiger partial charge in [-0.1, -0.05) is 18.2 Å². The quantitative estimate of drug-likeness (QED) is 0.414. The third-order valence-electron chi connectivity index (χ3n) is 2.90. The Morgan fingerprint density at radius 1 is 1.29 bits per heavy atom. The van der Waals surface area contributed by atoms with Gasteiger partial charge in [0.1, 0.15) is 0 Å². The van der Waals surface area contributed by atoms with Crippen molar-refractivity contribution in [2.45, 2.75) is 13.8 Å². The van der Waals surface area contributed by atoms with Crippen molar-refractivity contribution in [1.29, 1.82) is 0 Å². The molecule has 0 fully saturated rings. The first-order valence-corrected chi connectivity index (χ1v) is 7.73. The number of rotatable bonds is 3. The molecule has 1 aromatic rings. The Bertz CT molecular complexity index is 679. The molecule has 2 rings (SSSR count). The summed E-state index contributed by atoms with van der Waals surface area (Å²) in [5.41, 5.74) is 9.15. The summed E-state index contributed by atoms with van der Waals surface area (Å²) in [5, 5.41) is 7.08. The lowest BCUT2D eigenvalue weighted by atomic mass is 10.2. The number of carbonyl (C=O) groups is 3. The maximum Gasteiger partial charge on any atom is 0.353 e. The van der Waals surface area contributed by atoms with Crippen molar-refractivity contribution in [3.05, 3.63) is 29.8 Å². The number of urea groups is 2. The highest BCUT2D eigenvalue weighted by molar-refractivity contribution is 8.12. The van der Waals surface area contributed by atoms with Crippen LogP contribution in [0.1, 0.15) is 12.5 Å². The van der Waals surface area contributed by atoms with Crippen LogP contribution in [0.4, 0.5) is 20.1 Å². The van der Waals surface area contributed by atoms with Gasteiger partial charge in [-0.25, -0.2) is 20.0 Å². The number of hydrazine groups is 2. The molecule has 11 heteroatoms. The monoisotopic (exact) mass is 351 g/mol. The van der Waals surface area contributed by atoms with Gasteiger partial charge >= 0.3 is 17.3 Å². The highest BCUT2D eigenvalue weighted by atomic mass is 32.2. The van der Waals surface area contributed by atoms with Crippen LogP contribution in [0.5, 0.6) is 0 Å². The van der Waals surface area contributed by atoms with E-state index in [1.165, 1.54) is 0 Å². The molecule has 1 aromatic carbocycles. The van der Waals surface area contributed by atoms with Crippen LogP contribution >= 0.6 is 11.9 Å². The zero-order valence-electron chi connectivity index (χ0n) is 13.0. The molecule has 1 aliphatic heterocycles. The number of aryl methyl sites for hydroxylation is 1. The molecule has 0 bridgehead atoms. The maximum absolute atomic E-state index is 11.8. The van der Waals surface area contributed by atoms with E-state index in [2.05, 4.69) is 31.5 Å². The fraction of sp³-hybridized carbons (Fsp3) is 0.231. The summed E-state index contributed by atoms with van der Waals surface area (Å²) in [4.78, 5) is 34.9. The minimum Gasteiger partial charge on any atom is -0.315 e. The van der Waals surface area contributed by atoms with E-state index in [1.807, 2.05) is 19.1 Å². The van der Waals surface area contributed by atoms with E-state index in [0.717, 1.165) is 10.6 Å². The van der Waals surface area contributed by atoms with Crippen molar-refractivity contribution in [2.24, 2.45) is 5.10 Å². The van der Waals surface area contributed by atoms with Crippen molar-refractivity contribution in [3.63, 3.8) is 0 Å². The SMILES string of the molecule is CC1=NNC(=O)N(NNC(=O)NSC(=O)Nc2ccccc2C)C1. The number of nitrogens with one attached hydrogen (secondary N) is 5. The lowest BCUT2D eigenvalue weighted by molar-refractivity contribution is 0.162. The van der Waals surface area contributed by atoms with E-state index in [-0.39, 0.29) is 6.54 Å². The van der Waals surface area contributed by atoms with Gasteiger partial charge in [0, 0.05) is 5.69 Å².